The predicted octanol–water partition coefficient (Wildman–Crippen LogP) is 3.06. The molecule has 2 heterocycles. The third-order valence-corrected chi connectivity index (χ3v) is 6.57. The molecule has 1 atom stereocenters. The molecule has 0 radical (unpaired) electrons. The van der Waals surface area contributed by atoms with Crippen LogP contribution in [0.2, 0.25) is 0 Å². The molecule has 1 aromatic rings. The van der Waals surface area contributed by atoms with Crippen LogP contribution in [0.4, 0.5) is 9.59 Å². The van der Waals surface area contributed by atoms with Crippen LogP contribution in [-0.2, 0) is 9.53 Å². The van der Waals surface area contributed by atoms with Crippen molar-refractivity contribution in [1.29, 1.82) is 0 Å². The number of piperazine rings is 1. The van der Waals surface area contributed by atoms with Crippen molar-refractivity contribution in [2.75, 3.05) is 52.9 Å². The molecule has 9 nitrogen and oxygen atoms in total. The average molecular weight is 486 g/mol. The zero-order chi connectivity index (χ0) is 25.5. The number of rotatable bonds is 8. The molecule has 2 N–H and O–H groups in total. The van der Waals surface area contributed by atoms with E-state index in [0.717, 1.165) is 12.0 Å². The van der Waals surface area contributed by atoms with Gasteiger partial charge in [0.2, 0.25) is 0 Å². The number of nitrogens with one attached hydrogen (secondary N) is 2. The summed E-state index contributed by atoms with van der Waals surface area (Å²) in [6.07, 6.45) is 0.895. The fraction of sp³-hybridized carbons (Fsp3) is 0.577. The number of likely N-dealkylation sites (N-methyl/N-ethyl adjacent to an activating group) is 1. The Kier molecular flexibility index (Phi) is 9.14. The summed E-state index contributed by atoms with van der Waals surface area (Å²) in [5.74, 6) is -0.0423. The maximum absolute atomic E-state index is 13.2. The number of nitrogens with zero attached hydrogens (tertiary/aromatic N) is 3. The van der Waals surface area contributed by atoms with Crippen molar-refractivity contribution >= 4 is 18.0 Å². The number of benzene rings is 1. The lowest BCUT2D eigenvalue weighted by Crippen LogP contribution is -2.54. The molecule has 2 aliphatic rings. The van der Waals surface area contributed by atoms with Gasteiger partial charge in [0, 0.05) is 52.0 Å². The Hall–Kier alpha value is -3.07. The first kappa shape index (κ1) is 26.5. The Labute approximate surface area is 208 Å². The molecule has 0 spiro atoms. The second-order valence-electron chi connectivity index (χ2n) is 9.34. The van der Waals surface area contributed by atoms with Gasteiger partial charge >= 0.3 is 18.0 Å². The quantitative estimate of drug-likeness (QED) is 0.552. The van der Waals surface area contributed by atoms with E-state index in [9.17, 15) is 14.4 Å². The van der Waals surface area contributed by atoms with Gasteiger partial charge in [0.05, 0.1) is 18.2 Å². The lowest BCUT2D eigenvalue weighted by Gasteiger charge is -2.39. The topological polar surface area (TPSA) is 94.2 Å². The van der Waals surface area contributed by atoms with Gasteiger partial charge in [-0.3, -0.25) is 9.80 Å². The number of ether oxygens (including phenoxy) is 1. The molecule has 4 amide bonds. The van der Waals surface area contributed by atoms with Gasteiger partial charge in [0.25, 0.3) is 0 Å². The van der Waals surface area contributed by atoms with Crippen molar-refractivity contribution in [2.45, 2.75) is 46.1 Å². The fourth-order valence-corrected chi connectivity index (χ4v) is 4.39. The molecule has 1 saturated heterocycles. The van der Waals surface area contributed by atoms with Gasteiger partial charge in [-0.25, -0.2) is 14.4 Å². The van der Waals surface area contributed by atoms with E-state index in [2.05, 4.69) is 29.4 Å². The van der Waals surface area contributed by atoms with Crippen molar-refractivity contribution in [3.63, 3.8) is 0 Å². The van der Waals surface area contributed by atoms with Crippen LogP contribution in [0.25, 0.3) is 0 Å². The molecule has 2 aliphatic heterocycles. The third kappa shape index (κ3) is 6.33. The number of urea groups is 2. The molecule has 0 saturated carbocycles. The molecule has 9 heteroatoms. The van der Waals surface area contributed by atoms with E-state index in [1.165, 1.54) is 10.5 Å². The van der Waals surface area contributed by atoms with Gasteiger partial charge in [-0.1, -0.05) is 45.0 Å². The fourth-order valence-electron chi connectivity index (χ4n) is 4.39. The van der Waals surface area contributed by atoms with E-state index < -0.39 is 12.0 Å². The minimum atomic E-state index is -0.588. The Bertz CT molecular complexity index is 936. The van der Waals surface area contributed by atoms with E-state index in [4.69, 9.17) is 4.74 Å². The highest BCUT2D eigenvalue weighted by molar-refractivity contribution is 5.95. The summed E-state index contributed by atoms with van der Waals surface area (Å²) in [6, 6.07) is 7.12. The first-order valence-corrected chi connectivity index (χ1v) is 12.6. The number of hydrogen-bond donors (Lipinski definition) is 2. The molecular formula is C26H39N5O4. The summed E-state index contributed by atoms with van der Waals surface area (Å²) >= 11 is 0. The maximum Gasteiger partial charge on any atom is 0.338 e. The molecule has 192 valence electrons. The van der Waals surface area contributed by atoms with E-state index in [0.29, 0.717) is 56.5 Å². The van der Waals surface area contributed by atoms with Crippen LogP contribution in [0.5, 0.6) is 0 Å². The van der Waals surface area contributed by atoms with E-state index in [1.807, 2.05) is 36.1 Å². The number of amides is 4. The number of esters is 1. The van der Waals surface area contributed by atoms with Gasteiger partial charge in [-0.05, 0) is 30.4 Å². The van der Waals surface area contributed by atoms with Crippen molar-refractivity contribution in [3.05, 3.63) is 46.7 Å². The summed E-state index contributed by atoms with van der Waals surface area (Å²) in [5, 5.41) is 5.90. The van der Waals surface area contributed by atoms with Crippen LogP contribution in [-0.4, -0.2) is 85.7 Å². The van der Waals surface area contributed by atoms with Crippen LogP contribution in [0, 0.1) is 0 Å². The van der Waals surface area contributed by atoms with Crippen LogP contribution < -0.4 is 10.6 Å². The molecule has 1 fully saturated rings. The summed E-state index contributed by atoms with van der Waals surface area (Å²) in [5.41, 5.74) is 3.12. The smallest absolute Gasteiger partial charge is 0.338 e. The minimum absolute atomic E-state index is 0.0444. The molecule has 0 aromatic heterocycles. The summed E-state index contributed by atoms with van der Waals surface area (Å²) in [7, 11) is 1.68. The summed E-state index contributed by atoms with van der Waals surface area (Å²) < 4.78 is 5.43. The van der Waals surface area contributed by atoms with Crippen LogP contribution in [0.1, 0.15) is 57.2 Å². The van der Waals surface area contributed by atoms with Crippen LogP contribution in [0.15, 0.2) is 35.5 Å². The number of carbonyl (C=O) groups excluding carboxylic acids is 3. The Morgan fingerprint density at radius 2 is 1.77 bits per heavy atom. The molecule has 0 unspecified atom stereocenters. The van der Waals surface area contributed by atoms with E-state index in [1.54, 1.807) is 14.0 Å². The van der Waals surface area contributed by atoms with Crippen LogP contribution >= 0.6 is 0 Å². The van der Waals surface area contributed by atoms with Crippen molar-refractivity contribution < 1.29 is 19.1 Å². The number of carbonyl (C=O) groups is 3. The van der Waals surface area contributed by atoms with Crippen molar-refractivity contribution in [2.24, 2.45) is 0 Å². The van der Waals surface area contributed by atoms with Gasteiger partial charge in [-0.2, -0.15) is 0 Å². The van der Waals surface area contributed by atoms with Gasteiger partial charge in [-0.15, -0.1) is 0 Å². The van der Waals surface area contributed by atoms with E-state index >= 15 is 0 Å². The summed E-state index contributed by atoms with van der Waals surface area (Å²) in [6.45, 7) is 11.9. The van der Waals surface area contributed by atoms with Gasteiger partial charge in [0.1, 0.15) is 0 Å². The van der Waals surface area contributed by atoms with E-state index in [-0.39, 0.29) is 18.7 Å². The first-order valence-electron chi connectivity index (χ1n) is 12.6. The lowest BCUT2D eigenvalue weighted by molar-refractivity contribution is -0.139. The largest absolute Gasteiger partial charge is 0.463 e. The average Bonchev–Trinajstić information content (AvgIpc) is 2.85. The van der Waals surface area contributed by atoms with Gasteiger partial charge < -0.3 is 20.3 Å². The SMILES string of the molecule is CCCNC(=O)N1CCN(CC2=C(C(=O)OCC)[C@@H](c3ccc(C(C)C)cc3)NC(=O)N2C)CC1. The third-order valence-electron chi connectivity index (χ3n) is 6.57. The Morgan fingerprint density at radius 3 is 2.34 bits per heavy atom. The molecule has 35 heavy (non-hydrogen) atoms. The summed E-state index contributed by atoms with van der Waals surface area (Å²) in [4.78, 5) is 43.9. The monoisotopic (exact) mass is 485 g/mol. The second-order valence-corrected chi connectivity index (χ2v) is 9.34. The van der Waals surface area contributed by atoms with Gasteiger partial charge in [0.15, 0.2) is 0 Å². The molecular weight excluding hydrogens is 446 g/mol. The predicted molar refractivity (Wildman–Crippen MR) is 135 cm³/mol. The zero-order valence-electron chi connectivity index (χ0n) is 21.6. The highest BCUT2D eigenvalue weighted by atomic mass is 16.5. The standard InChI is InChI=1S/C26H39N5O4/c1-6-12-27-25(33)31-15-13-30(14-16-31)17-21-22(24(32)35-7-2)23(28-26(34)29(21)5)20-10-8-19(9-11-20)18(3)4/h8-11,18,23H,6-7,12-17H2,1-5H3,(H,27,33)(H,28,34)/t23-/m1/s1. The molecule has 3 rings (SSSR count). The highest BCUT2D eigenvalue weighted by Crippen LogP contribution is 2.32. The first-order chi connectivity index (χ1) is 16.8. The Morgan fingerprint density at radius 1 is 1.11 bits per heavy atom. The van der Waals surface area contributed by atoms with Crippen LogP contribution in [0.3, 0.4) is 0 Å². The molecule has 0 aliphatic carbocycles. The molecule has 1 aromatic carbocycles. The maximum atomic E-state index is 13.2. The minimum Gasteiger partial charge on any atom is -0.463 e. The zero-order valence-corrected chi connectivity index (χ0v) is 21.6. The second kappa shape index (κ2) is 12.1. The highest BCUT2D eigenvalue weighted by Gasteiger charge is 2.37. The normalized spacial score (nSPS) is 19.1. The number of hydrogen-bond acceptors (Lipinski definition) is 5. The Balaban J connectivity index is 1.86. The van der Waals surface area contributed by atoms with Crippen molar-refractivity contribution in [3.8, 4) is 0 Å². The van der Waals surface area contributed by atoms with Crippen molar-refractivity contribution in [1.82, 2.24) is 25.3 Å². The molecule has 0 bridgehead atoms. The lowest BCUT2D eigenvalue weighted by atomic mass is 9.92.